The van der Waals surface area contributed by atoms with Gasteiger partial charge in [0.25, 0.3) is 0 Å². The number of nitrogens with two attached hydrogens (primary N) is 1. The lowest BCUT2D eigenvalue weighted by molar-refractivity contribution is -0.139. The van der Waals surface area contributed by atoms with Crippen LogP contribution >= 0.6 is 23.2 Å². The summed E-state index contributed by atoms with van der Waals surface area (Å²) in [6, 6.07) is 0.897. The van der Waals surface area contributed by atoms with Gasteiger partial charge in [-0.1, -0.05) is 30.1 Å². The van der Waals surface area contributed by atoms with Crippen molar-refractivity contribution in [1.82, 2.24) is 5.32 Å². The second kappa shape index (κ2) is 7.39. The minimum absolute atomic E-state index is 0.0411. The molecule has 5 nitrogen and oxygen atoms in total. The number of amides is 2. The minimum Gasteiger partial charge on any atom is -0.345 e. The summed E-state index contributed by atoms with van der Waals surface area (Å²) in [5.74, 6) is -1.50. The van der Waals surface area contributed by atoms with Crippen LogP contribution in [0.2, 0.25) is 10.0 Å². The number of hydrogen-bond donors (Lipinski definition) is 2. The topological polar surface area (TPSA) is 75.4 Å². The van der Waals surface area contributed by atoms with E-state index in [-0.39, 0.29) is 16.5 Å². The van der Waals surface area contributed by atoms with Crippen molar-refractivity contribution >= 4 is 40.7 Å². The fourth-order valence-electron chi connectivity index (χ4n) is 2.60. The molecule has 0 saturated carbocycles. The van der Waals surface area contributed by atoms with E-state index in [1.165, 1.54) is 12.1 Å². The normalized spacial score (nSPS) is 18.0. The van der Waals surface area contributed by atoms with E-state index >= 15 is 0 Å². The molecule has 10 heteroatoms. The largest absolute Gasteiger partial charge is 0.405 e. The molecule has 2 rings (SSSR count). The van der Waals surface area contributed by atoms with Crippen LogP contribution in [-0.2, 0) is 16.0 Å². The maximum Gasteiger partial charge on any atom is 0.405 e. The van der Waals surface area contributed by atoms with Gasteiger partial charge in [-0.05, 0) is 24.1 Å². The first-order valence-electron chi connectivity index (χ1n) is 7.46. The number of anilines is 1. The van der Waals surface area contributed by atoms with Crippen LogP contribution < -0.4 is 16.0 Å². The lowest BCUT2D eigenvalue weighted by Gasteiger charge is -2.27. The highest BCUT2D eigenvalue weighted by molar-refractivity contribution is 6.43. The van der Waals surface area contributed by atoms with Crippen molar-refractivity contribution in [2.75, 3.05) is 11.4 Å². The highest BCUT2D eigenvalue weighted by atomic mass is 35.5. The number of rotatable bonds is 4. The summed E-state index contributed by atoms with van der Waals surface area (Å²) in [7, 11) is 0. The Labute approximate surface area is 152 Å². The maximum atomic E-state index is 12.6. The van der Waals surface area contributed by atoms with E-state index in [9.17, 15) is 22.8 Å². The van der Waals surface area contributed by atoms with Gasteiger partial charge in [0.2, 0.25) is 11.8 Å². The smallest absolute Gasteiger partial charge is 0.345 e. The lowest BCUT2D eigenvalue weighted by Crippen LogP contribution is -2.53. The van der Waals surface area contributed by atoms with Crippen LogP contribution in [0.4, 0.5) is 18.9 Å². The summed E-state index contributed by atoms with van der Waals surface area (Å²) in [4.78, 5) is 25.9. The highest BCUT2D eigenvalue weighted by Gasteiger charge is 2.42. The Morgan fingerprint density at radius 2 is 2.04 bits per heavy atom. The number of nitrogens with one attached hydrogen (secondary N) is 1. The molecule has 2 amide bonds. The standard InChI is InChI=1S/C15H16Cl2F3N3O2/c1-2-9(21)14(25)23-10-4-3-8(16)12(17)7(10)5-11(23)13(24)22-6-15(18,19)20/h3-4,9,11H,2,5-6,21H2,1H3,(H,22,24)/t9-,11+/m0/s1. The molecule has 0 saturated heterocycles. The quantitative estimate of drug-likeness (QED) is 0.819. The van der Waals surface area contributed by atoms with E-state index in [0.717, 1.165) is 4.90 Å². The predicted octanol–water partition coefficient (Wildman–Crippen LogP) is 2.67. The number of fused-ring (bicyclic) bond motifs is 1. The third-order valence-electron chi connectivity index (χ3n) is 3.90. The summed E-state index contributed by atoms with van der Waals surface area (Å²) < 4.78 is 37.1. The van der Waals surface area contributed by atoms with Gasteiger partial charge in [-0.3, -0.25) is 14.5 Å². The SMILES string of the molecule is CC[C@H](N)C(=O)N1c2ccc(Cl)c(Cl)c2C[C@@H]1C(=O)NCC(F)(F)F. The molecule has 1 aromatic rings. The molecule has 1 aliphatic heterocycles. The van der Waals surface area contributed by atoms with Gasteiger partial charge in [-0.25, -0.2) is 0 Å². The molecule has 0 spiro atoms. The van der Waals surface area contributed by atoms with Crippen LogP contribution in [0.5, 0.6) is 0 Å². The van der Waals surface area contributed by atoms with E-state index < -0.39 is 36.6 Å². The van der Waals surface area contributed by atoms with Crippen LogP contribution in [0.1, 0.15) is 18.9 Å². The molecular weight excluding hydrogens is 382 g/mol. The first kappa shape index (κ1) is 19.8. The van der Waals surface area contributed by atoms with E-state index in [4.69, 9.17) is 28.9 Å². The Bertz CT molecular complexity index is 697. The second-order valence-electron chi connectivity index (χ2n) is 5.63. The van der Waals surface area contributed by atoms with Crippen LogP contribution in [0.15, 0.2) is 12.1 Å². The van der Waals surface area contributed by atoms with Gasteiger partial charge in [0, 0.05) is 12.1 Å². The number of carbonyl (C=O) groups excluding carboxylic acids is 2. The second-order valence-corrected chi connectivity index (χ2v) is 6.42. The molecule has 3 N–H and O–H groups in total. The summed E-state index contributed by atoms with van der Waals surface area (Å²) >= 11 is 12.1. The number of halogens is 5. The molecule has 2 atom stereocenters. The number of carbonyl (C=O) groups is 2. The van der Waals surface area contributed by atoms with E-state index in [2.05, 4.69) is 0 Å². The number of nitrogens with zero attached hydrogens (tertiary/aromatic N) is 1. The van der Waals surface area contributed by atoms with Gasteiger partial charge in [-0.15, -0.1) is 0 Å². The van der Waals surface area contributed by atoms with Gasteiger partial charge in [-0.2, -0.15) is 13.2 Å². The number of alkyl halides is 3. The van der Waals surface area contributed by atoms with Crippen molar-refractivity contribution in [3.05, 3.63) is 27.7 Å². The van der Waals surface area contributed by atoms with Crippen molar-refractivity contribution in [3.63, 3.8) is 0 Å². The molecule has 25 heavy (non-hydrogen) atoms. The van der Waals surface area contributed by atoms with E-state index in [1.54, 1.807) is 12.2 Å². The number of hydrogen-bond acceptors (Lipinski definition) is 3. The summed E-state index contributed by atoms with van der Waals surface area (Å²) in [6.45, 7) is 0.197. The Balaban J connectivity index is 2.37. The third kappa shape index (κ3) is 4.19. The Morgan fingerprint density at radius 3 is 2.60 bits per heavy atom. The van der Waals surface area contributed by atoms with Crippen molar-refractivity contribution < 1.29 is 22.8 Å². The van der Waals surface area contributed by atoms with E-state index in [1.807, 2.05) is 0 Å². The average molecular weight is 398 g/mol. The predicted molar refractivity (Wildman–Crippen MR) is 88.8 cm³/mol. The summed E-state index contributed by atoms with van der Waals surface area (Å²) in [5, 5.41) is 2.19. The monoisotopic (exact) mass is 397 g/mol. The van der Waals surface area contributed by atoms with Crippen molar-refractivity contribution in [3.8, 4) is 0 Å². The zero-order valence-corrected chi connectivity index (χ0v) is 14.7. The third-order valence-corrected chi connectivity index (χ3v) is 4.74. The Hall–Kier alpha value is -1.51. The summed E-state index contributed by atoms with van der Waals surface area (Å²) in [5.41, 5.74) is 6.52. The highest BCUT2D eigenvalue weighted by Crippen LogP contribution is 2.40. The van der Waals surface area contributed by atoms with Gasteiger partial charge in [0.1, 0.15) is 12.6 Å². The lowest BCUT2D eigenvalue weighted by atomic mass is 10.1. The van der Waals surface area contributed by atoms with Gasteiger partial charge in [0.05, 0.1) is 16.1 Å². The van der Waals surface area contributed by atoms with E-state index in [0.29, 0.717) is 17.7 Å². The Kier molecular flexibility index (Phi) is 5.86. The van der Waals surface area contributed by atoms with Crippen molar-refractivity contribution in [1.29, 1.82) is 0 Å². The molecule has 0 unspecified atom stereocenters. The average Bonchev–Trinajstić information content (AvgIpc) is 2.94. The summed E-state index contributed by atoms with van der Waals surface area (Å²) in [6.07, 6.45) is -4.29. The van der Waals surface area contributed by atoms with Gasteiger partial charge in [0.15, 0.2) is 0 Å². The van der Waals surface area contributed by atoms with Crippen molar-refractivity contribution in [2.45, 2.75) is 38.0 Å². The molecule has 1 aromatic carbocycles. The molecule has 0 aromatic heterocycles. The Morgan fingerprint density at radius 1 is 1.40 bits per heavy atom. The van der Waals surface area contributed by atoms with Crippen LogP contribution in [0.3, 0.4) is 0 Å². The van der Waals surface area contributed by atoms with Crippen LogP contribution in [0.25, 0.3) is 0 Å². The van der Waals surface area contributed by atoms with Gasteiger partial charge >= 0.3 is 6.18 Å². The zero-order chi connectivity index (χ0) is 18.9. The maximum absolute atomic E-state index is 12.6. The molecule has 1 aliphatic rings. The molecule has 0 radical (unpaired) electrons. The van der Waals surface area contributed by atoms with Crippen molar-refractivity contribution in [2.24, 2.45) is 5.73 Å². The first-order valence-corrected chi connectivity index (χ1v) is 8.22. The molecule has 138 valence electrons. The van der Waals surface area contributed by atoms with Crippen LogP contribution in [0, 0.1) is 0 Å². The molecule has 0 bridgehead atoms. The fraction of sp³-hybridized carbons (Fsp3) is 0.467. The molecular formula is C15H16Cl2F3N3O2. The molecule has 0 aliphatic carbocycles. The molecule has 1 heterocycles. The zero-order valence-electron chi connectivity index (χ0n) is 13.2. The fourth-order valence-corrected chi connectivity index (χ4v) is 3.01. The molecule has 0 fully saturated rings. The van der Waals surface area contributed by atoms with Gasteiger partial charge < -0.3 is 11.1 Å². The minimum atomic E-state index is -4.56. The van der Waals surface area contributed by atoms with Crippen LogP contribution in [-0.4, -0.2) is 36.6 Å². The number of benzene rings is 1. The first-order chi connectivity index (χ1) is 11.6.